The third-order valence-electron chi connectivity index (χ3n) is 4.13. The molecule has 1 aliphatic carbocycles. The summed E-state index contributed by atoms with van der Waals surface area (Å²) in [6.45, 7) is 0.834. The van der Waals surface area contributed by atoms with Crippen LogP contribution < -0.4 is 11.1 Å². The quantitative estimate of drug-likeness (QED) is 0.885. The van der Waals surface area contributed by atoms with Crippen molar-refractivity contribution in [2.75, 3.05) is 11.9 Å². The van der Waals surface area contributed by atoms with Gasteiger partial charge >= 0.3 is 0 Å². The van der Waals surface area contributed by atoms with Gasteiger partial charge in [-0.3, -0.25) is 0 Å². The number of fused-ring (bicyclic) bond motifs is 1. The average molecular weight is 255 g/mol. The number of para-hydroxylation sites is 1. The van der Waals surface area contributed by atoms with Gasteiger partial charge in [-0.05, 0) is 56.3 Å². The van der Waals surface area contributed by atoms with E-state index in [1.165, 1.54) is 31.1 Å². The highest BCUT2D eigenvalue weighted by molar-refractivity contribution is 5.80. The summed E-state index contributed by atoms with van der Waals surface area (Å²) in [7, 11) is 0. The van der Waals surface area contributed by atoms with Gasteiger partial charge < -0.3 is 11.1 Å². The number of anilines is 1. The number of hydrogen-bond acceptors (Lipinski definition) is 3. The second-order valence-corrected chi connectivity index (χ2v) is 5.49. The molecule has 1 saturated carbocycles. The molecule has 0 unspecified atom stereocenters. The minimum Gasteiger partial charge on any atom is -0.367 e. The van der Waals surface area contributed by atoms with Crippen molar-refractivity contribution in [2.24, 2.45) is 11.7 Å². The number of nitrogens with two attached hydrogens (primary N) is 1. The smallest absolute Gasteiger partial charge is 0.126 e. The van der Waals surface area contributed by atoms with Crippen LogP contribution in [0.25, 0.3) is 10.9 Å². The maximum absolute atomic E-state index is 5.73. The summed E-state index contributed by atoms with van der Waals surface area (Å²) in [4.78, 5) is 4.67. The second-order valence-electron chi connectivity index (χ2n) is 5.49. The fraction of sp³-hybridized carbons (Fsp3) is 0.438. The Hall–Kier alpha value is -1.61. The maximum atomic E-state index is 5.73. The molecule has 3 nitrogen and oxygen atoms in total. The fourth-order valence-electron chi connectivity index (χ4n) is 2.90. The lowest BCUT2D eigenvalue weighted by Gasteiger charge is -2.28. The minimum absolute atomic E-state index is 0.552. The summed E-state index contributed by atoms with van der Waals surface area (Å²) < 4.78 is 0. The van der Waals surface area contributed by atoms with E-state index in [0.29, 0.717) is 6.04 Å². The molecule has 0 spiro atoms. The number of nitrogens with one attached hydrogen (secondary N) is 1. The van der Waals surface area contributed by atoms with Gasteiger partial charge in [0.25, 0.3) is 0 Å². The van der Waals surface area contributed by atoms with E-state index in [2.05, 4.69) is 34.6 Å². The highest BCUT2D eigenvalue weighted by atomic mass is 15.0. The van der Waals surface area contributed by atoms with Crippen molar-refractivity contribution < 1.29 is 0 Å². The van der Waals surface area contributed by atoms with Gasteiger partial charge in [0.05, 0.1) is 5.52 Å². The van der Waals surface area contributed by atoms with Crippen LogP contribution in [0.2, 0.25) is 0 Å². The first-order valence-electron chi connectivity index (χ1n) is 7.17. The van der Waals surface area contributed by atoms with Crippen LogP contribution in [0.1, 0.15) is 25.7 Å². The molecule has 0 radical (unpaired) electrons. The van der Waals surface area contributed by atoms with Crippen LogP contribution in [0.3, 0.4) is 0 Å². The predicted molar refractivity (Wildman–Crippen MR) is 80.2 cm³/mol. The Bertz CT molecular complexity index is 544. The van der Waals surface area contributed by atoms with Crippen LogP contribution in [0.5, 0.6) is 0 Å². The topological polar surface area (TPSA) is 50.9 Å². The lowest BCUT2D eigenvalue weighted by Crippen LogP contribution is -2.29. The first kappa shape index (κ1) is 12.4. The number of aromatic nitrogens is 1. The van der Waals surface area contributed by atoms with Crippen LogP contribution in [0, 0.1) is 5.92 Å². The van der Waals surface area contributed by atoms with Crippen LogP contribution in [0.4, 0.5) is 5.82 Å². The molecule has 19 heavy (non-hydrogen) atoms. The SMILES string of the molecule is NC[C@H]1CC[C@@H](Nc2ccc3ccccc3n2)CC1. The first-order chi connectivity index (χ1) is 9.35. The number of rotatable bonds is 3. The summed E-state index contributed by atoms with van der Waals surface area (Å²) in [5.41, 5.74) is 6.79. The van der Waals surface area contributed by atoms with Gasteiger partial charge in [0.1, 0.15) is 5.82 Å². The van der Waals surface area contributed by atoms with Gasteiger partial charge in [0.15, 0.2) is 0 Å². The van der Waals surface area contributed by atoms with Crippen molar-refractivity contribution in [3.8, 4) is 0 Å². The van der Waals surface area contributed by atoms with E-state index in [9.17, 15) is 0 Å². The van der Waals surface area contributed by atoms with E-state index < -0.39 is 0 Å². The van der Waals surface area contributed by atoms with Crippen molar-refractivity contribution in [1.29, 1.82) is 0 Å². The average Bonchev–Trinajstić information content (AvgIpc) is 2.48. The molecule has 1 aliphatic rings. The molecule has 0 bridgehead atoms. The Morgan fingerprint density at radius 3 is 2.63 bits per heavy atom. The van der Waals surface area contributed by atoms with Gasteiger partial charge in [0.2, 0.25) is 0 Å². The summed E-state index contributed by atoms with van der Waals surface area (Å²) in [5, 5.41) is 4.76. The molecule has 1 fully saturated rings. The van der Waals surface area contributed by atoms with E-state index in [1.807, 2.05) is 12.1 Å². The first-order valence-corrected chi connectivity index (χ1v) is 7.17. The second kappa shape index (κ2) is 5.57. The molecule has 1 heterocycles. The van der Waals surface area contributed by atoms with Gasteiger partial charge in [-0.2, -0.15) is 0 Å². The van der Waals surface area contributed by atoms with Crippen LogP contribution in [-0.2, 0) is 0 Å². The van der Waals surface area contributed by atoms with E-state index in [0.717, 1.165) is 23.8 Å². The van der Waals surface area contributed by atoms with Crippen LogP contribution in [0.15, 0.2) is 36.4 Å². The monoisotopic (exact) mass is 255 g/mol. The lowest BCUT2D eigenvalue weighted by molar-refractivity contribution is 0.344. The van der Waals surface area contributed by atoms with Gasteiger partial charge in [-0.1, -0.05) is 18.2 Å². The normalized spacial score (nSPS) is 23.4. The zero-order valence-electron chi connectivity index (χ0n) is 11.2. The molecule has 3 heteroatoms. The number of nitrogens with zero attached hydrogens (tertiary/aromatic N) is 1. The van der Waals surface area contributed by atoms with Crippen LogP contribution in [-0.4, -0.2) is 17.6 Å². The molecule has 0 aliphatic heterocycles. The predicted octanol–water partition coefficient (Wildman–Crippen LogP) is 3.16. The highest BCUT2D eigenvalue weighted by Gasteiger charge is 2.20. The minimum atomic E-state index is 0.552. The van der Waals surface area contributed by atoms with Gasteiger partial charge in [0, 0.05) is 11.4 Å². The summed E-state index contributed by atoms with van der Waals surface area (Å²) in [6.07, 6.45) is 4.89. The Labute approximate surface area is 114 Å². The zero-order chi connectivity index (χ0) is 13.1. The summed E-state index contributed by atoms with van der Waals surface area (Å²) in [5.74, 6) is 1.72. The lowest BCUT2D eigenvalue weighted by atomic mass is 9.86. The Kier molecular flexibility index (Phi) is 3.65. The molecular weight excluding hydrogens is 234 g/mol. The third-order valence-corrected chi connectivity index (χ3v) is 4.13. The van der Waals surface area contributed by atoms with Crippen LogP contribution >= 0.6 is 0 Å². The molecule has 1 aromatic carbocycles. The molecule has 3 rings (SSSR count). The molecule has 3 N–H and O–H groups in total. The molecule has 100 valence electrons. The van der Waals surface area contributed by atoms with E-state index in [4.69, 9.17) is 5.73 Å². The zero-order valence-corrected chi connectivity index (χ0v) is 11.2. The van der Waals surface area contributed by atoms with E-state index in [-0.39, 0.29) is 0 Å². The van der Waals surface area contributed by atoms with Crippen molar-refractivity contribution in [2.45, 2.75) is 31.7 Å². The standard InChI is InChI=1S/C16H21N3/c17-11-12-5-8-14(9-6-12)18-16-10-7-13-3-1-2-4-15(13)19-16/h1-4,7,10,12,14H,5-6,8-9,11,17H2,(H,18,19)/t12-,14+. The molecular formula is C16H21N3. The number of pyridine rings is 1. The molecule has 0 atom stereocenters. The fourth-order valence-corrected chi connectivity index (χ4v) is 2.90. The largest absolute Gasteiger partial charge is 0.367 e. The summed E-state index contributed by atoms with van der Waals surface area (Å²) in [6, 6.07) is 13.0. The number of benzene rings is 1. The van der Waals surface area contributed by atoms with Gasteiger partial charge in [-0.15, -0.1) is 0 Å². The third kappa shape index (κ3) is 2.87. The molecule has 1 aromatic heterocycles. The van der Waals surface area contributed by atoms with Crippen molar-refractivity contribution in [3.05, 3.63) is 36.4 Å². The highest BCUT2D eigenvalue weighted by Crippen LogP contribution is 2.26. The Morgan fingerprint density at radius 2 is 1.84 bits per heavy atom. The number of hydrogen-bond donors (Lipinski definition) is 2. The molecule has 0 saturated heterocycles. The Morgan fingerprint density at radius 1 is 1.05 bits per heavy atom. The van der Waals surface area contributed by atoms with E-state index >= 15 is 0 Å². The van der Waals surface area contributed by atoms with Crippen molar-refractivity contribution in [3.63, 3.8) is 0 Å². The van der Waals surface area contributed by atoms with Gasteiger partial charge in [-0.25, -0.2) is 4.98 Å². The van der Waals surface area contributed by atoms with Crippen molar-refractivity contribution >= 4 is 16.7 Å². The van der Waals surface area contributed by atoms with Crippen molar-refractivity contribution in [1.82, 2.24) is 4.98 Å². The summed E-state index contributed by atoms with van der Waals surface area (Å²) >= 11 is 0. The van der Waals surface area contributed by atoms with E-state index in [1.54, 1.807) is 0 Å². The maximum Gasteiger partial charge on any atom is 0.126 e. The Balaban J connectivity index is 1.68. The molecule has 2 aromatic rings. The molecule has 0 amide bonds.